The van der Waals surface area contributed by atoms with Crippen molar-refractivity contribution in [2.45, 2.75) is 26.2 Å². The van der Waals surface area contributed by atoms with E-state index in [1.807, 2.05) is 36.2 Å². The first-order valence-electron chi connectivity index (χ1n) is 11.2. The van der Waals surface area contributed by atoms with Gasteiger partial charge in [-0.3, -0.25) is 10.2 Å². The molecule has 3 aromatic rings. The highest BCUT2D eigenvalue weighted by Crippen LogP contribution is 2.33. The van der Waals surface area contributed by atoms with Gasteiger partial charge in [0.15, 0.2) is 5.69 Å². The van der Waals surface area contributed by atoms with Gasteiger partial charge in [-0.25, -0.2) is 9.69 Å². The molecule has 4 rings (SSSR count). The Balaban J connectivity index is 1.80. The maximum Gasteiger partial charge on any atom is 0.286 e. The molecule has 0 radical (unpaired) electrons. The third kappa shape index (κ3) is 5.26. The number of nitrogens with zero attached hydrogens (tertiary/aromatic N) is 4. The number of ether oxygens (including phenoxy) is 1. The van der Waals surface area contributed by atoms with Crippen molar-refractivity contribution in [1.82, 2.24) is 20.2 Å². The molecule has 1 aromatic heterocycles. The molecule has 2 heterocycles. The summed E-state index contributed by atoms with van der Waals surface area (Å²) in [5, 5.41) is 16.4. The molecule has 2 aromatic carbocycles. The fourth-order valence-electron chi connectivity index (χ4n) is 3.99. The maximum atomic E-state index is 13.3. The van der Waals surface area contributed by atoms with E-state index < -0.39 is 0 Å². The van der Waals surface area contributed by atoms with Crippen molar-refractivity contribution < 1.29 is 9.53 Å². The van der Waals surface area contributed by atoms with Crippen molar-refractivity contribution in [3.63, 3.8) is 0 Å². The molecule has 0 aliphatic carbocycles. The minimum atomic E-state index is -0.269. The molecular weight excluding hydrogens is 473 g/mol. The van der Waals surface area contributed by atoms with Gasteiger partial charge in [0, 0.05) is 35.7 Å². The smallest absolute Gasteiger partial charge is 0.286 e. The summed E-state index contributed by atoms with van der Waals surface area (Å²) in [5.74, 6) is -0.269. The van der Waals surface area contributed by atoms with Crippen molar-refractivity contribution in [2.24, 2.45) is 0 Å². The summed E-state index contributed by atoms with van der Waals surface area (Å²) < 4.78 is 7.09. The van der Waals surface area contributed by atoms with Crippen molar-refractivity contribution in [1.29, 1.82) is 5.26 Å². The summed E-state index contributed by atoms with van der Waals surface area (Å²) in [7, 11) is 0. The molecule has 1 aliphatic rings. The zero-order chi connectivity index (χ0) is 24.1. The van der Waals surface area contributed by atoms with Gasteiger partial charge in [0.25, 0.3) is 5.91 Å². The first-order chi connectivity index (χ1) is 16.5. The highest BCUT2D eigenvalue weighted by molar-refractivity contribution is 6.35. The SMILES string of the molecule is CCc1c(C(=O)NN2CCOCC2)nn(-c2ccc(Cl)cc2Cl)c1-c1ccc(CCC#N)cc1. The maximum absolute atomic E-state index is 13.3. The normalized spacial score (nSPS) is 14.1. The van der Waals surface area contributed by atoms with Crippen molar-refractivity contribution in [3.05, 3.63) is 69.3 Å². The fourth-order valence-corrected chi connectivity index (χ4v) is 4.48. The highest BCUT2D eigenvalue weighted by atomic mass is 35.5. The van der Waals surface area contributed by atoms with Crippen LogP contribution in [0.3, 0.4) is 0 Å². The zero-order valence-electron chi connectivity index (χ0n) is 18.9. The van der Waals surface area contributed by atoms with Crippen LogP contribution in [0.5, 0.6) is 0 Å². The largest absolute Gasteiger partial charge is 0.379 e. The number of aromatic nitrogens is 2. The zero-order valence-corrected chi connectivity index (χ0v) is 20.4. The van der Waals surface area contributed by atoms with Crippen LogP contribution in [-0.2, 0) is 17.6 Å². The van der Waals surface area contributed by atoms with E-state index >= 15 is 0 Å². The quantitative estimate of drug-likeness (QED) is 0.504. The molecule has 0 bridgehead atoms. The minimum Gasteiger partial charge on any atom is -0.379 e. The Morgan fingerprint density at radius 3 is 2.56 bits per heavy atom. The predicted octanol–water partition coefficient (Wildman–Crippen LogP) is 4.84. The topological polar surface area (TPSA) is 83.2 Å². The van der Waals surface area contributed by atoms with E-state index in [2.05, 4.69) is 11.5 Å². The second kappa shape index (κ2) is 11.0. The molecule has 7 nitrogen and oxygen atoms in total. The molecule has 1 aliphatic heterocycles. The van der Waals surface area contributed by atoms with Crippen molar-refractivity contribution in [3.8, 4) is 23.0 Å². The van der Waals surface area contributed by atoms with Gasteiger partial charge in [-0.2, -0.15) is 10.4 Å². The summed E-state index contributed by atoms with van der Waals surface area (Å²) in [5.41, 5.74) is 7.54. The van der Waals surface area contributed by atoms with Gasteiger partial charge in [-0.05, 0) is 36.6 Å². The third-order valence-corrected chi connectivity index (χ3v) is 6.25. The Kier molecular flexibility index (Phi) is 7.86. The standard InChI is InChI=1S/C25H25Cl2N5O2/c1-2-20-23(25(33)30-31-12-14-34-15-13-31)29-32(22-10-9-19(26)16-21(22)27)24(20)18-7-5-17(6-8-18)4-3-11-28/h5-10,16H,2-4,12-15H2,1H3,(H,30,33). The van der Waals surface area contributed by atoms with Crippen LogP contribution in [0.4, 0.5) is 0 Å². The Morgan fingerprint density at radius 1 is 1.18 bits per heavy atom. The first kappa shape index (κ1) is 24.2. The van der Waals surface area contributed by atoms with Gasteiger partial charge in [0.1, 0.15) is 0 Å². The summed E-state index contributed by atoms with van der Waals surface area (Å²) >= 11 is 12.7. The molecule has 34 heavy (non-hydrogen) atoms. The van der Waals surface area contributed by atoms with Crippen molar-refractivity contribution in [2.75, 3.05) is 26.3 Å². The summed E-state index contributed by atoms with van der Waals surface area (Å²) in [6, 6.07) is 15.4. The third-order valence-electron chi connectivity index (χ3n) is 5.71. The molecule has 0 atom stereocenters. The molecule has 9 heteroatoms. The lowest BCUT2D eigenvalue weighted by molar-refractivity contribution is 0.0124. The number of nitriles is 1. The lowest BCUT2D eigenvalue weighted by Gasteiger charge is -2.26. The molecule has 1 saturated heterocycles. The first-order valence-corrected chi connectivity index (χ1v) is 11.9. The van der Waals surface area contributed by atoms with Crippen molar-refractivity contribution >= 4 is 29.1 Å². The average Bonchev–Trinajstić information content (AvgIpc) is 3.23. The molecular formula is C25H25Cl2N5O2. The van der Waals surface area contributed by atoms with E-state index in [9.17, 15) is 4.79 Å². The van der Waals surface area contributed by atoms with Gasteiger partial charge in [-0.15, -0.1) is 0 Å². The van der Waals surface area contributed by atoms with E-state index in [1.165, 1.54) is 0 Å². The van der Waals surface area contributed by atoms with Gasteiger partial charge in [0.05, 0.1) is 35.7 Å². The number of amides is 1. The molecule has 1 fully saturated rings. The molecule has 1 N–H and O–H groups in total. The fraction of sp³-hybridized carbons (Fsp3) is 0.320. The van der Waals surface area contributed by atoms with E-state index in [0.29, 0.717) is 67.0 Å². The van der Waals surface area contributed by atoms with E-state index in [0.717, 1.165) is 22.4 Å². The van der Waals surface area contributed by atoms with Crippen LogP contribution >= 0.6 is 23.2 Å². The van der Waals surface area contributed by atoms with Crippen LogP contribution in [-0.4, -0.2) is 47.0 Å². The van der Waals surface area contributed by atoms with Crippen LogP contribution in [0.1, 0.15) is 35.0 Å². The minimum absolute atomic E-state index is 0.269. The number of carbonyl (C=O) groups is 1. The van der Waals surface area contributed by atoms with Crippen LogP contribution in [0.2, 0.25) is 10.0 Å². The van der Waals surface area contributed by atoms with E-state index in [1.54, 1.807) is 22.9 Å². The number of aryl methyl sites for hydroxylation is 1. The summed E-state index contributed by atoms with van der Waals surface area (Å²) in [6.07, 6.45) is 1.75. The molecule has 0 spiro atoms. The molecule has 0 unspecified atom stereocenters. The number of hydrogen-bond donors (Lipinski definition) is 1. The lowest BCUT2D eigenvalue weighted by Crippen LogP contribution is -2.48. The van der Waals surface area contributed by atoms with Crippen LogP contribution in [0.15, 0.2) is 42.5 Å². The van der Waals surface area contributed by atoms with Crippen LogP contribution in [0.25, 0.3) is 16.9 Å². The number of hydrazine groups is 1. The predicted molar refractivity (Wildman–Crippen MR) is 132 cm³/mol. The number of rotatable bonds is 7. The summed E-state index contributed by atoms with van der Waals surface area (Å²) in [4.78, 5) is 13.3. The number of benzene rings is 2. The highest BCUT2D eigenvalue weighted by Gasteiger charge is 2.26. The van der Waals surface area contributed by atoms with Crippen LogP contribution in [0, 0.1) is 11.3 Å². The molecule has 1 amide bonds. The summed E-state index contributed by atoms with van der Waals surface area (Å²) in [6.45, 7) is 4.38. The Bertz CT molecular complexity index is 1210. The number of nitrogens with one attached hydrogen (secondary N) is 1. The van der Waals surface area contributed by atoms with E-state index in [4.69, 9.17) is 38.3 Å². The lowest BCUT2D eigenvalue weighted by atomic mass is 10.0. The number of hydrogen-bond acceptors (Lipinski definition) is 5. The van der Waals surface area contributed by atoms with Gasteiger partial charge in [0.2, 0.25) is 0 Å². The van der Waals surface area contributed by atoms with Gasteiger partial charge >= 0.3 is 0 Å². The second-order valence-electron chi connectivity index (χ2n) is 7.93. The Labute approximate surface area is 208 Å². The van der Waals surface area contributed by atoms with Crippen LogP contribution < -0.4 is 5.43 Å². The Morgan fingerprint density at radius 2 is 1.91 bits per heavy atom. The molecule has 0 saturated carbocycles. The van der Waals surface area contributed by atoms with Gasteiger partial charge in [-0.1, -0.05) is 54.4 Å². The number of morpholine rings is 1. The monoisotopic (exact) mass is 497 g/mol. The second-order valence-corrected chi connectivity index (χ2v) is 8.78. The average molecular weight is 498 g/mol. The van der Waals surface area contributed by atoms with E-state index in [-0.39, 0.29) is 5.91 Å². The van der Waals surface area contributed by atoms with Gasteiger partial charge < -0.3 is 4.74 Å². The number of carbonyl (C=O) groups excluding carboxylic acids is 1. The Hall–Kier alpha value is -2.89. The number of halogens is 2. The molecule has 176 valence electrons.